The predicted octanol–water partition coefficient (Wildman–Crippen LogP) is 4.62. The topological polar surface area (TPSA) is 40.9 Å². The van der Waals surface area contributed by atoms with Crippen molar-refractivity contribution in [3.05, 3.63) is 69.5 Å². The van der Waals surface area contributed by atoms with Crippen LogP contribution in [0.1, 0.15) is 21.8 Å². The van der Waals surface area contributed by atoms with E-state index in [1.807, 2.05) is 6.07 Å². The lowest BCUT2D eigenvalue weighted by atomic mass is 9.91. The molecule has 20 heavy (non-hydrogen) atoms. The molecular weight excluding hydrogens is 300 g/mol. The number of nitriles is 1. The molecule has 0 aliphatic carbocycles. The average Bonchev–Trinajstić information content (AvgIpc) is 2.44. The molecule has 2 rings (SSSR count). The van der Waals surface area contributed by atoms with Gasteiger partial charge in [-0.2, -0.15) is 5.26 Å². The molecule has 1 unspecified atom stereocenters. The first kappa shape index (κ1) is 14.5. The van der Waals surface area contributed by atoms with Gasteiger partial charge in [-0.1, -0.05) is 41.4 Å². The molecule has 0 bridgehead atoms. The van der Waals surface area contributed by atoms with Gasteiger partial charge in [0.25, 0.3) is 0 Å². The number of rotatable bonds is 3. The SMILES string of the molecule is N#CC(C(=O)c1ccccc1F)c1ccc(Cl)c(Cl)c1. The maximum Gasteiger partial charge on any atom is 0.187 e. The van der Waals surface area contributed by atoms with Gasteiger partial charge in [-0.25, -0.2) is 4.39 Å². The van der Waals surface area contributed by atoms with E-state index in [1.54, 1.807) is 6.07 Å². The van der Waals surface area contributed by atoms with Crippen LogP contribution in [-0.2, 0) is 0 Å². The van der Waals surface area contributed by atoms with Crippen LogP contribution < -0.4 is 0 Å². The molecule has 0 saturated heterocycles. The number of nitrogens with zero attached hydrogens (tertiary/aromatic N) is 1. The highest BCUT2D eigenvalue weighted by Crippen LogP contribution is 2.28. The molecule has 0 fully saturated rings. The number of carbonyl (C=O) groups excluding carboxylic acids is 1. The zero-order valence-electron chi connectivity index (χ0n) is 10.1. The second-order valence-corrected chi connectivity index (χ2v) is 4.89. The molecule has 1 atom stereocenters. The van der Waals surface area contributed by atoms with Gasteiger partial charge in [-0.05, 0) is 29.8 Å². The Hall–Kier alpha value is -1.89. The highest BCUT2D eigenvalue weighted by Gasteiger charge is 2.24. The molecule has 0 heterocycles. The minimum Gasteiger partial charge on any atom is -0.292 e. The quantitative estimate of drug-likeness (QED) is 0.776. The lowest BCUT2D eigenvalue weighted by Crippen LogP contribution is -2.13. The van der Waals surface area contributed by atoms with E-state index in [4.69, 9.17) is 23.2 Å². The number of hydrogen-bond acceptors (Lipinski definition) is 2. The Bertz CT molecular complexity index is 709. The van der Waals surface area contributed by atoms with Crippen molar-refractivity contribution in [2.24, 2.45) is 0 Å². The van der Waals surface area contributed by atoms with E-state index in [0.717, 1.165) is 0 Å². The number of Topliss-reactive ketones (excluding diaryl/α,β-unsaturated/α-hetero) is 1. The van der Waals surface area contributed by atoms with Crippen molar-refractivity contribution < 1.29 is 9.18 Å². The van der Waals surface area contributed by atoms with Gasteiger partial charge in [-0.3, -0.25) is 4.79 Å². The zero-order chi connectivity index (χ0) is 14.7. The van der Waals surface area contributed by atoms with E-state index >= 15 is 0 Å². The van der Waals surface area contributed by atoms with Crippen LogP contribution in [-0.4, -0.2) is 5.78 Å². The van der Waals surface area contributed by atoms with Crippen LogP contribution in [0.5, 0.6) is 0 Å². The van der Waals surface area contributed by atoms with Gasteiger partial charge in [0.2, 0.25) is 0 Å². The normalized spacial score (nSPS) is 11.7. The van der Waals surface area contributed by atoms with Gasteiger partial charge in [0.1, 0.15) is 11.7 Å². The molecule has 0 saturated carbocycles. The van der Waals surface area contributed by atoms with Crippen LogP contribution in [0.3, 0.4) is 0 Å². The van der Waals surface area contributed by atoms with Crippen molar-refractivity contribution >= 4 is 29.0 Å². The summed E-state index contributed by atoms with van der Waals surface area (Å²) in [6, 6.07) is 11.9. The summed E-state index contributed by atoms with van der Waals surface area (Å²) in [5.41, 5.74) is 0.264. The summed E-state index contributed by atoms with van der Waals surface area (Å²) in [5.74, 6) is -2.39. The number of carbonyl (C=O) groups is 1. The van der Waals surface area contributed by atoms with E-state index in [0.29, 0.717) is 10.6 Å². The molecule has 0 aliphatic heterocycles. The number of ketones is 1. The van der Waals surface area contributed by atoms with Crippen LogP contribution in [0.25, 0.3) is 0 Å². The summed E-state index contributed by atoms with van der Waals surface area (Å²) >= 11 is 11.7. The third-order valence-corrected chi connectivity index (χ3v) is 3.55. The molecule has 2 nitrogen and oxygen atoms in total. The summed E-state index contributed by atoms with van der Waals surface area (Å²) in [7, 11) is 0. The van der Waals surface area contributed by atoms with E-state index < -0.39 is 17.5 Å². The van der Waals surface area contributed by atoms with Gasteiger partial charge < -0.3 is 0 Å². The maximum absolute atomic E-state index is 13.6. The molecule has 0 radical (unpaired) electrons. The van der Waals surface area contributed by atoms with Gasteiger partial charge in [0.15, 0.2) is 5.78 Å². The van der Waals surface area contributed by atoms with Crippen molar-refractivity contribution in [2.45, 2.75) is 5.92 Å². The molecule has 0 amide bonds. The third-order valence-electron chi connectivity index (χ3n) is 2.81. The first-order valence-electron chi connectivity index (χ1n) is 5.68. The first-order valence-corrected chi connectivity index (χ1v) is 6.43. The molecule has 0 N–H and O–H groups in total. The van der Waals surface area contributed by atoms with Crippen molar-refractivity contribution in [3.8, 4) is 6.07 Å². The fraction of sp³-hybridized carbons (Fsp3) is 0.0667. The van der Waals surface area contributed by atoms with Crippen molar-refractivity contribution in [2.75, 3.05) is 0 Å². The van der Waals surface area contributed by atoms with E-state index in [2.05, 4.69) is 0 Å². The highest BCUT2D eigenvalue weighted by atomic mass is 35.5. The summed E-state index contributed by atoms with van der Waals surface area (Å²) in [5, 5.41) is 9.76. The smallest absolute Gasteiger partial charge is 0.187 e. The molecule has 100 valence electrons. The summed E-state index contributed by atoms with van der Waals surface area (Å²) in [6.07, 6.45) is 0. The molecule has 5 heteroatoms. The van der Waals surface area contributed by atoms with Crippen LogP contribution >= 0.6 is 23.2 Å². The predicted molar refractivity (Wildman–Crippen MR) is 75.5 cm³/mol. The Morgan fingerprint density at radius 3 is 2.45 bits per heavy atom. The Balaban J connectivity index is 2.43. The fourth-order valence-electron chi connectivity index (χ4n) is 1.79. The Labute approximate surface area is 125 Å². The average molecular weight is 308 g/mol. The fourth-order valence-corrected chi connectivity index (χ4v) is 2.10. The second kappa shape index (κ2) is 6.04. The van der Waals surface area contributed by atoms with Crippen LogP contribution in [0.2, 0.25) is 10.0 Å². The van der Waals surface area contributed by atoms with Crippen molar-refractivity contribution in [3.63, 3.8) is 0 Å². The number of halogens is 3. The third kappa shape index (κ3) is 2.82. The van der Waals surface area contributed by atoms with Gasteiger partial charge >= 0.3 is 0 Å². The second-order valence-electron chi connectivity index (χ2n) is 4.08. The van der Waals surface area contributed by atoms with E-state index in [1.165, 1.54) is 36.4 Å². The first-order chi connectivity index (χ1) is 9.54. The van der Waals surface area contributed by atoms with Gasteiger partial charge in [-0.15, -0.1) is 0 Å². The van der Waals surface area contributed by atoms with Crippen molar-refractivity contribution in [1.82, 2.24) is 0 Å². The minimum absolute atomic E-state index is 0.120. The van der Waals surface area contributed by atoms with E-state index in [-0.39, 0.29) is 10.6 Å². The number of benzene rings is 2. The van der Waals surface area contributed by atoms with Gasteiger partial charge in [0.05, 0.1) is 21.7 Å². The maximum atomic E-state index is 13.6. The molecular formula is C15H8Cl2FNO. The van der Waals surface area contributed by atoms with Crippen molar-refractivity contribution in [1.29, 1.82) is 5.26 Å². The van der Waals surface area contributed by atoms with E-state index in [9.17, 15) is 14.4 Å². The Morgan fingerprint density at radius 2 is 1.85 bits per heavy atom. The molecule has 2 aromatic carbocycles. The summed E-state index contributed by atoms with van der Waals surface area (Å²) in [4.78, 5) is 12.3. The largest absolute Gasteiger partial charge is 0.292 e. The Kier molecular flexibility index (Phi) is 4.39. The summed E-state index contributed by atoms with van der Waals surface area (Å²) in [6.45, 7) is 0. The van der Waals surface area contributed by atoms with Crippen LogP contribution in [0, 0.1) is 17.1 Å². The van der Waals surface area contributed by atoms with Gasteiger partial charge in [0, 0.05) is 0 Å². The lowest BCUT2D eigenvalue weighted by Gasteiger charge is -2.10. The highest BCUT2D eigenvalue weighted by molar-refractivity contribution is 6.42. The molecule has 2 aromatic rings. The zero-order valence-corrected chi connectivity index (χ0v) is 11.6. The monoisotopic (exact) mass is 307 g/mol. The number of hydrogen-bond donors (Lipinski definition) is 0. The molecule has 0 spiro atoms. The summed E-state index contributed by atoms with van der Waals surface area (Å²) < 4.78 is 13.6. The van der Waals surface area contributed by atoms with Crippen LogP contribution in [0.15, 0.2) is 42.5 Å². The standard InChI is InChI=1S/C15H8Cl2FNO/c16-12-6-5-9(7-13(12)17)11(8-19)15(20)10-3-1-2-4-14(10)18/h1-7,11H. The Morgan fingerprint density at radius 1 is 1.15 bits per heavy atom. The molecule has 0 aromatic heterocycles. The minimum atomic E-state index is -1.12. The molecule has 0 aliphatic rings. The van der Waals surface area contributed by atoms with Crippen LogP contribution in [0.4, 0.5) is 4.39 Å². The lowest BCUT2D eigenvalue weighted by molar-refractivity contribution is 0.0975.